The zero-order valence-electron chi connectivity index (χ0n) is 6.89. The van der Waals surface area contributed by atoms with Gasteiger partial charge in [0.15, 0.2) is 5.82 Å². The van der Waals surface area contributed by atoms with Crippen LogP contribution in [0.1, 0.15) is 11.6 Å². The van der Waals surface area contributed by atoms with Crippen LogP contribution in [0, 0.1) is 6.92 Å². The smallest absolute Gasteiger partial charge is 0.213 e. The number of nitrogens with zero attached hydrogens (tertiary/aromatic N) is 4. The summed E-state index contributed by atoms with van der Waals surface area (Å²) in [6, 6.07) is 0. The van der Waals surface area contributed by atoms with Gasteiger partial charge in [-0.25, -0.2) is 4.98 Å². The molecule has 2 aromatic rings. The minimum Gasteiger partial charge on any atom is -0.343 e. The summed E-state index contributed by atoms with van der Waals surface area (Å²) in [5, 5.41) is 11.1. The van der Waals surface area contributed by atoms with Crippen molar-refractivity contribution in [3.63, 3.8) is 0 Å². The molecule has 0 amide bonds. The molecule has 0 atom stereocenters. The van der Waals surface area contributed by atoms with Crippen LogP contribution in [0.15, 0.2) is 16.1 Å². The second kappa shape index (κ2) is 3.56. The summed E-state index contributed by atoms with van der Waals surface area (Å²) < 4.78 is 4.59. The van der Waals surface area contributed by atoms with Gasteiger partial charge >= 0.3 is 0 Å². The highest BCUT2D eigenvalue weighted by molar-refractivity contribution is 7.98. The number of aromatic amines is 1. The summed E-state index contributed by atoms with van der Waals surface area (Å²) in [6.45, 7) is 1.85. The van der Waals surface area contributed by atoms with Crippen molar-refractivity contribution in [2.75, 3.05) is 0 Å². The lowest BCUT2D eigenvalue weighted by molar-refractivity contribution is 0.412. The molecule has 0 unspecified atom stereocenters. The summed E-state index contributed by atoms with van der Waals surface area (Å²) in [7, 11) is 0. The Labute approximate surface area is 78.1 Å². The Morgan fingerprint density at radius 2 is 2.54 bits per heavy atom. The minimum atomic E-state index is 0.619. The minimum absolute atomic E-state index is 0.619. The molecule has 0 aliphatic heterocycles. The SMILES string of the molecule is Cc1nc(SCc2ncon2)n[nH]1. The van der Waals surface area contributed by atoms with Crippen molar-refractivity contribution < 1.29 is 4.52 Å². The van der Waals surface area contributed by atoms with Crippen LogP contribution in [0.4, 0.5) is 0 Å². The molecular weight excluding hydrogens is 190 g/mol. The summed E-state index contributed by atoms with van der Waals surface area (Å²) in [5.74, 6) is 2.07. The number of aryl methyl sites for hydroxylation is 1. The van der Waals surface area contributed by atoms with Crippen molar-refractivity contribution in [2.45, 2.75) is 17.8 Å². The van der Waals surface area contributed by atoms with Crippen molar-refractivity contribution in [3.8, 4) is 0 Å². The van der Waals surface area contributed by atoms with Gasteiger partial charge in [-0.15, -0.1) is 5.10 Å². The first-order valence-corrected chi connectivity index (χ1v) is 4.60. The fourth-order valence-electron chi connectivity index (χ4n) is 0.772. The van der Waals surface area contributed by atoms with Crippen LogP contribution in [0.25, 0.3) is 0 Å². The number of nitrogens with one attached hydrogen (secondary N) is 1. The Morgan fingerprint density at radius 1 is 1.62 bits per heavy atom. The summed E-state index contributed by atoms with van der Waals surface area (Å²) >= 11 is 1.46. The Kier molecular flexibility index (Phi) is 2.26. The summed E-state index contributed by atoms with van der Waals surface area (Å²) in [4.78, 5) is 7.99. The lowest BCUT2D eigenvalue weighted by Gasteiger charge is -1.88. The predicted molar refractivity (Wildman–Crippen MR) is 45.0 cm³/mol. The van der Waals surface area contributed by atoms with Gasteiger partial charge in [-0.3, -0.25) is 5.10 Å². The van der Waals surface area contributed by atoms with E-state index in [1.165, 1.54) is 18.2 Å². The third-order valence-electron chi connectivity index (χ3n) is 1.31. The van der Waals surface area contributed by atoms with Gasteiger partial charge in [0.2, 0.25) is 11.6 Å². The molecule has 0 saturated carbocycles. The van der Waals surface area contributed by atoms with E-state index in [0.717, 1.165) is 5.82 Å². The molecular formula is C6H7N5OS. The summed E-state index contributed by atoms with van der Waals surface area (Å²) in [5.41, 5.74) is 0. The highest BCUT2D eigenvalue weighted by atomic mass is 32.2. The van der Waals surface area contributed by atoms with E-state index in [4.69, 9.17) is 0 Å². The predicted octanol–water partition coefficient (Wildman–Crippen LogP) is 0.788. The monoisotopic (exact) mass is 197 g/mol. The summed E-state index contributed by atoms with van der Waals surface area (Å²) in [6.07, 6.45) is 1.30. The van der Waals surface area contributed by atoms with Gasteiger partial charge in [0, 0.05) is 0 Å². The second-order valence-corrected chi connectivity index (χ2v) is 3.28. The third-order valence-corrected chi connectivity index (χ3v) is 2.16. The van der Waals surface area contributed by atoms with E-state index in [1.54, 1.807) is 0 Å². The molecule has 0 spiro atoms. The Morgan fingerprint density at radius 3 is 3.15 bits per heavy atom. The zero-order valence-corrected chi connectivity index (χ0v) is 7.71. The first-order chi connectivity index (χ1) is 6.34. The van der Waals surface area contributed by atoms with Gasteiger partial charge < -0.3 is 4.52 Å². The molecule has 0 aliphatic carbocycles. The average Bonchev–Trinajstić information content (AvgIpc) is 2.71. The average molecular weight is 197 g/mol. The van der Waals surface area contributed by atoms with Gasteiger partial charge in [0.25, 0.3) is 0 Å². The van der Waals surface area contributed by atoms with E-state index >= 15 is 0 Å². The van der Waals surface area contributed by atoms with Crippen molar-refractivity contribution in [2.24, 2.45) is 0 Å². The number of hydrogen-bond donors (Lipinski definition) is 1. The molecule has 0 aliphatic rings. The Bertz CT molecular complexity index is 370. The topological polar surface area (TPSA) is 80.5 Å². The van der Waals surface area contributed by atoms with Crippen LogP contribution in [-0.2, 0) is 5.75 Å². The maximum Gasteiger partial charge on any atom is 0.213 e. The highest BCUT2D eigenvalue weighted by Crippen LogP contribution is 2.15. The van der Waals surface area contributed by atoms with E-state index in [1.807, 2.05) is 6.92 Å². The van der Waals surface area contributed by atoms with E-state index < -0.39 is 0 Å². The maximum absolute atomic E-state index is 4.59. The van der Waals surface area contributed by atoms with E-state index in [-0.39, 0.29) is 0 Å². The van der Waals surface area contributed by atoms with Crippen molar-refractivity contribution in [3.05, 3.63) is 18.0 Å². The zero-order chi connectivity index (χ0) is 9.10. The van der Waals surface area contributed by atoms with Gasteiger partial charge in [0.05, 0.1) is 5.75 Å². The normalized spacial score (nSPS) is 10.5. The molecule has 0 aromatic carbocycles. The first kappa shape index (κ1) is 8.24. The highest BCUT2D eigenvalue weighted by Gasteiger charge is 2.03. The molecule has 68 valence electrons. The molecule has 2 aromatic heterocycles. The number of H-pyrrole nitrogens is 1. The van der Waals surface area contributed by atoms with E-state index in [2.05, 4.69) is 29.8 Å². The molecule has 1 N–H and O–H groups in total. The van der Waals surface area contributed by atoms with Gasteiger partial charge in [-0.1, -0.05) is 16.9 Å². The standard InChI is InChI=1S/C6H7N5OS/c1-4-8-6(10-9-4)13-2-5-7-3-12-11-5/h3H,2H2,1H3,(H,8,9,10). The maximum atomic E-state index is 4.59. The molecule has 7 heteroatoms. The van der Waals surface area contributed by atoms with Gasteiger partial charge in [-0.2, -0.15) is 4.98 Å². The third kappa shape index (κ3) is 2.05. The van der Waals surface area contributed by atoms with Crippen LogP contribution < -0.4 is 0 Å². The van der Waals surface area contributed by atoms with Crippen LogP contribution in [0.5, 0.6) is 0 Å². The largest absolute Gasteiger partial charge is 0.343 e. The van der Waals surface area contributed by atoms with E-state index in [0.29, 0.717) is 16.7 Å². The van der Waals surface area contributed by atoms with Crippen LogP contribution in [0.2, 0.25) is 0 Å². The first-order valence-electron chi connectivity index (χ1n) is 3.61. The Balaban J connectivity index is 1.93. The molecule has 0 bridgehead atoms. The number of aromatic nitrogens is 5. The molecule has 2 rings (SSSR count). The van der Waals surface area contributed by atoms with Crippen molar-refractivity contribution >= 4 is 11.8 Å². The second-order valence-electron chi connectivity index (χ2n) is 2.34. The van der Waals surface area contributed by atoms with Gasteiger partial charge in [-0.05, 0) is 6.92 Å². The molecule has 6 nitrogen and oxygen atoms in total. The lowest BCUT2D eigenvalue weighted by atomic mass is 10.7. The van der Waals surface area contributed by atoms with Crippen LogP contribution in [-0.4, -0.2) is 25.3 Å². The van der Waals surface area contributed by atoms with E-state index in [9.17, 15) is 0 Å². The molecule has 0 radical (unpaired) electrons. The van der Waals surface area contributed by atoms with Crippen LogP contribution in [0.3, 0.4) is 0 Å². The molecule has 0 saturated heterocycles. The fraction of sp³-hybridized carbons (Fsp3) is 0.333. The van der Waals surface area contributed by atoms with Crippen molar-refractivity contribution in [1.82, 2.24) is 25.3 Å². The van der Waals surface area contributed by atoms with Crippen LogP contribution >= 0.6 is 11.8 Å². The molecule has 13 heavy (non-hydrogen) atoms. The molecule has 0 fully saturated rings. The van der Waals surface area contributed by atoms with Crippen molar-refractivity contribution in [1.29, 1.82) is 0 Å². The molecule has 2 heterocycles. The number of rotatable bonds is 3. The fourth-order valence-corrected chi connectivity index (χ4v) is 1.47. The number of hydrogen-bond acceptors (Lipinski definition) is 6. The Hall–Kier alpha value is -1.37. The lowest BCUT2D eigenvalue weighted by Crippen LogP contribution is -1.84. The number of thioether (sulfide) groups is 1. The quantitative estimate of drug-likeness (QED) is 0.732. The van der Waals surface area contributed by atoms with Gasteiger partial charge in [0.1, 0.15) is 5.82 Å².